The van der Waals surface area contributed by atoms with Gasteiger partial charge in [-0.05, 0) is 17.2 Å². The van der Waals surface area contributed by atoms with Crippen LogP contribution in [0.1, 0.15) is 33.0 Å². The van der Waals surface area contributed by atoms with Crippen molar-refractivity contribution in [2.75, 3.05) is 0 Å². The molecule has 0 aromatic heterocycles. The van der Waals surface area contributed by atoms with Crippen LogP contribution in [0.25, 0.3) is 0 Å². The van der Waals surface area contributed by atoms with Crippen LogP contribution >= 0.6 is 0 Å². The molecule has 4 rings (SSSR count). The summed E-state index contributed by atoms with van der Waals surface area (Å²) in [7, 11) is 0. The summed E-state index contributed by atoms with van der Waals surface area (Å²) in [6, 6.07) is 26.2. The molecule has 0 spiro atoms. The van der Waals surface area contributed by atoms with Crippen molar-refractivity contribution in [3.05, 3.63) is 120 Å². The highest BCUT2D eigenvalue weighted by Gasteiger charge is 2.44. The van der Waals surface area contributed by atoms with E-state index in [0.29, 0.717) is 16.8 Å². The van der Waals surface area contributed by atoms with E-state index in [2.05, 4.69) is 16.8 Å². The number of benzene rings is 3. The molecule has 0 saturated carbocycles. The van der Waals surface area contributed by atoms with Gasteiger partial charge in [-0.3, -0.25) is 9.59 Å². The Bertz CT molecular complexity index is 1110. The summed E-state index contributed by atoms with van der Waals surface area (Å²) in [5.41, 5.74) is 3.22. The highest BCUT2D eigenvalue weighted by atomic mass is 16.2. The summed E-state index contributed by atoms with van der Waals surface area (Å²) in [4.78, 5) is 27.2. The number of ketones is 2. The Kier molecular flexibility index (Phi) is 5.57. The van der Waals surface area contributed by atoms with Crippen molar-refractivity contribution in [3.8, 4) is 0 Å². The molecule has 0 heterocycles. The first-order valence-electron chi connectivity index (χ1n) is 9.71. The van der Waals surface area contributed by atoms with Crippen molar-refractivity contribution < 1.29 is 9.59 Å². The molecule has 0 aliphatic heterocycles. The minimum Gasteiger partial charge on any atom is -0.297 e. The average molecular weight is 392 g/mol. The fourth-order valence-electron chi connectivity index (χ4n) is 3.85. The van der Waals surface area contributed by atoms with Gasteiger partial charge in [0.15, 0.2) is 11.6 Å². The van der Waals surface area contributed by atoms with Crippen LogP contribution in [0, 0.1) is 5.92 Å². The van der Waals surface area contributed by atoms with Crippen LogP contribution in [-0.2, 0) is 4.79 Å². The number of fused-ring (bicyclic) bond motifs is 1. The molecule has 1 aliphatic rings. The van der Waals surface area contributed by atoms with Crippen molar-refractivity contribution in [2.45, 2.75) is 5.92 Å². The summed E-state index contributed by atoms with van der Waals surface area (Å²) in [6.07, 6.45) is 2.94. The van der Waals surface area contributed by atoms with Gasteiger partial charge in [0.25, 0.3) is 0 Å². The Labute approximate surface area is 175 Å². The van der Waals surface area contributed by atoms with Crippen molar-refractivity contribution in [1.29, 1.82) is 0 Å². The number of nitrogens with zero attached hydrogens (tertiary/aromatic N) is 2. The van der Waals surface area contributed by atoms with Gasteiger partial charge in [0.05, 0.1) is 11.6 Å². The lowest BCUT2D eigenvalue weighted by Gasteiger charge is -2.20. The Morgan fingerprint density at radius 3 is 1.93 bits per heavy atom. The van der Waals surface area contributed by atoms with E-state index in [1.807, 2.05) is 72.8 Å². The van der Waals surface area contributed by atoms with Crippen LogP contribution in [0.5, 0.6) is 0 Å². The van der Waals surface area contributed by atoms with Gasteiger partial charge in [0.1, 0.15) is 5.92 Å². The predicted molar refractivity (Wildman–Crippen MR) is 119 cm³/mol. The van der Waals surface area contributed by atoms with Crippen LogP contribution in [0.2, 0.25) is 0 Å². The smallest absolute Gasteiger partial charge is 0.180 e. The van der Waals surface area contributed by atoms with Crippen LogP contribution in [-0.4, -0.2) is 23.5 Å². The first kappa shape index (κ1) is 19.4. The molecule has 0 unspecified atom stereocenters. The zero-order chi connectivity index (χ0) is 20.9. The Hall–Kier alpha value is -3.92. The minimum atomic E-state index is -1.00. The second-order valence-electron chi connectivity index (χ2n) is 6.99. The molecule has 0 amide bonds. The van der Waals surface area contributed by atoms with Crippen LogP contribution in [0.15, 0.2) is 108 Å². The molecule has 1 aliphatic carbocycles. The van der Waals surface area contributed by atoms with Crippen molar-refractivity contribution in [2.24, 2.45) is 16.1 Å². The third kappa shape index (κ3) is 3.55. The van der Waals surface area contributed by atoms with Gasteiger partial charge in [-0.25, -0.2) is 0 Å². The van der Waals surface area contributed by atoms with E-state index in [1.54, 1.807) is 12.1 Å². The molecule has 3 aromatic carbocycles. The molecular formula is C26H20N2O2. The SMILES string of the molecule is C=C/C=N\N=C1/c2ccccc2C(=O)[C@@H]1C(=O)C(c1ccccc1)c1ccccc1. The maximum atomic E-state index is 13.9. The van der Waals surface area contributed by atoms with E-state index in [-0.39, 0.29) is 11.6 Å². The molecule has 30 heavy (non-hydrogen) atoms. The lowest BCUT2D eigenvalue weighted by molar-refractivity contribution is -0.120. The molecule has 0 saturated heterocycles. The van der Waals surface area contributed by atoms with E-state index in [1.165, 1.54) is 12.3 Å². The monoisotopic (exact) mass is 392 g/mol. The lowest BCUT2D eigenvalue weighted by atomic mass is 9.80. The van der Waals surface area contributed by atoms with Gasteiger partial charge in [0.2, 0.25) is 0 Å². The fourth-order valence-corrected chi connectivity index (χ4v) is 3.85. The third-order valence-corrected chi connectivity index (χ3v) is 5.18. The van der Waals surface area contributed by atoms with Crippen LogP contribution < -0.4 is 0 Å². The Morgan fingerprint density at radius 1 is 0.833 bits per heavy atom. The average Bonchev–Trinajstić information content (AvgIpc) is 3.07. The molecule has 0 N–H and O–H groups in total. The van der Waals surface area contributed by atoms with Gasteiger partial charge >= 0.3 is 0 Å². The van der Waals surface area contributed by atoms with E-state index >= 15 is 0 Å². The first-order chi connectivity index (χ1) is 14.7. The molecule has 0 radical (unpaired) electrons. The van der Waals surface area contributed by atoms with Crippen LogP contribution in [0.3, 0.4) is 0 Å². The maximum absolute atomic E-state index is 13.9. The Balaban J connectivity index is 1.84. The van der Waals surface area contributed by atoms with Crippen molar-refractivity contribution in [3.63, 3.8) is 0 Å². The van der Waals surface area contributed by atoms with Gasteiger partial charge in [-0.1, -0.05) is 91.5 Å². The van der Waals surface area contributed by atoms with E-state index in [0.717, 1.165) is 11.1 Å². The molecule has 1 atom stereocenters. The second-order valence-corrected chi connectivity index (χ2v) is 6.99. The number of carbonyl (C=O) groups excluding carboxylic acids is 2. The predicted octanol–water partition coefficient (Wildman–Crippen LogP) is 4.86. The third-order valence-electron chi connectivity index (χ3n) is 5.18. The largest absolute Gasteiger partial charge is 0.297 e. The topological polar surface area (TPSA) is 58.9 Å². The summed E-state index contributed by atoms with van der Waals surface area (Å²) < 4.78 is 0. The summed E-state index contributed by atoms with van der Waals surface area (Å²) in [5, 5.41) is 8.23. The zero-order valence-corrected chi connectivity index (χ0v) is 16.3. The number of hydrogen-bond donors (Lipinski definition) is 0. The molecule has 146 valence electrons. The highest BCUT2D eigenvalue weighted by Crippen LogP contribution is 2.35. The van der Waals surface area contributed by atoms with E-state index < -0.39 is 11.8 Å². The minimum absolute atomic E-state index is 0.207. The van der Waals surface area contributed by atoms with Crippen molar-refractivity contribution in [1.82, 2.24) is 0 Å². The van der Waals surface area contributed by atoms with E-state index in [9.17, 15) is 9.59 Å². The molecule has 0 bridgehead atoms. The number of rotatable bonds is 6. The molecule has 4 heteroatoms. The van der Waals surface area contributed by atoms with Gasteiger partial charge < -0.3 is 0 Å². The van der Waals surface area contributed by atoms with Crippen molar-refractivity contribution >= 4 is 23.5 Å². The Morgan fingerprint density at radius 2 is 1.37 bits per heavy atom. The summed E-state index contributed by atoms with van der Waals surface area (Å²) in [6.45, 7) is 3.59. The summed E-state index contributed by atoms with van der Waals surface area (Å²) >= 11 is 0. The highest BCUT2D eigenvalue weighted by molar-refractivity contribution is 6.38. The van der Waals surface area contributed by atoms with E-state index in [4.69, 9.17) is 0 Å². The number of Topliss-reactive ketones (excluding diaryl/α,β-unsaturated/α-hetero) is 2. The zero-order valence-electron chi connectivity index (χ0n) is 16.3. The normalized spacial score (nSPS) is 16.9. The van der Waals surface area contributed by atoms with Gasteiger partial charge in [-0.2, -0.15) is 10.2 Å². The van der Waals surface area contributed by atoms with Gasteiger partial charge in [0, 0.05) is 17.3 Å². The molecule has 4 nitrogen and oxygen atoms in total. The quantitative estimate of drug-likeness (QED) is 0.342. The molecule has 3 aromatic rings. The lowest BCUT2D eigenvalue weighted by Crippen LogP contribution is -2.31. The first-order valence-corrected chi connectivity index (χ1v) is 9.71. The maximum Gasteiger partial charge on any atom is 0.180 e. The fraction of sp³-hybridized carbons (Fsp3) is 0.0769. The van der Waals surface area contributed by atoms with Gasteiger partial charge in [-0.15, -0.1) is 0 Å². The second kappa shape index (κ2) is 8.62. The number of carbonyl (C=O) groups is 2. The molecule has 0 fully saturated rings. The standard InChI is InChI=1S/C26H20N2O2/c1-2-17-27-28-24-20-15-9-10-16-21(20)25(29)23(24)26(30)22(18-11-5-3-6-12-18)19-13-7-4-8-14-19/h2-17,22-23H,1H2/b27-17-,28-24+/t23-/m1/s1. The molecular weight excluding hydrogens is 372 g/mol. The summed E-state index contributed by atoms with van der Waals surface area (Å²) in [5.74, 6) is -2.03. The number of allylic oxidation sites excluding steroid dienone is 1. The number of hydrogen-bond acceptors (Lipinski definition) is 4. The van der Waals surface area contributed by atoms with Crippen LogP contribution in [0.4, 0.5) is 0 Å².